The van der Waals surface area contributed by atoms with Crippen LogP contribution in [0.3, 0.4) is 0 Å². The molecular weight excluding hydrogens is 212 g/mol. The Morgan fingerprint density at radius 3 is 2.69 bits per heavy atom. The van der Waals surface area contributed by atoms with Crippen molar-refractivity contribution >= 4 is 0 Å². The number of benzene rings is 1. The fourth-order valence-electron chi connectivity index (χ4n) is 1.42. The molecule has 0 bridgehead atoms. The van der Waals surface area contributed by atoms with E-state index in [1.165, 1.54) is 12.3 Å². The van der Waals surface area contributed by atoms with E-state index in [-0.39, 0.29) is 0 Å². The summed E-state index contributed by atoms with van der Waals surface area (Å²) in [5.74, 6) is -2.21. The molecule has 0 radical (unpaired) electrons. The van der Waals surface area contributed by atoms with Crippen LogP contribution in [0.4, 0.5) is 8.78 Å². The van der Waals surface area contributed by atoms with Gasteiger partial charge in [0.05, 0.1) is 6.07 Å². The van der Waals surface area contributed by atoms with Crippen LogP contribution in [0.5, 0.6) is 0 Å². The highest BCUT2D eigenvalue weighted by Gasteiger charge is 2.17. The van der Waals surface area contributed by atoms with Crippen molar-refractivity contribution in [2.24, 2.45) is 0 Å². The zero-order valence-corrected chi connectivity index (χ0v) is 8.11. The van der Waals surface area contributed by atoms with E-state index in [1.54, 1.807) is 6.20 Å². The zero-order chi connectivity index (χ0) is 11.5. The highest BCUT2D eigenvalue weighted by atomic mass is 19.2. The van der Waals surface area contributed by atoms with Gasteiger partial charge in [0.15, 0.2) is 11.6 Å². The van der Waals surface area contributed by atoms with E-state index >= 15 is 0 Å². The number of hydrogen-bond donors (Lipinski definition) is 1. The Labute approximate surface area is 90.4 Å². The van der Waals surface area contributed by atoms with Crippen LogP contribution < -0.4 is 0 Å². The minimum Gasteiger partial charge on any atom is -0.347 e. The number of nitriles is 1. The van der Waals surface area contributed by atoms with Crippen LogP contribution in [0, 0.1) is 23.0 Å². The minimum atomic E-state index is -0.968. The molecule has 0 aliphatic rings. The Morgan fingerprint density at radius 2 is 2.12 bits per heavy atom. The first-order valence-electron chi connectivity index (χ1n) is 4.56. The van der Waals surface area contributed by atoms with E-state index in [9.17, 15) is 8.78 Å². The summed E-state index contributed by atoms with van der Waals surface area (Å²) in [7, 11) is 0. The number of nitrogens with one attached hydrogen (secondary N) is 1. The second kappa shape index (κ2) is 4.11. The molecule has 0 amide bonds. The third kappa shape index (κ3) is 1.77. The van der Waals surface area contributed by atoms with Crippen LogP contribution in [-0.2, 0) is 0 Å². The smallest absolute Gasteiger partial charge is 0.159 e. The van der Waals surface area contributed by atoms with Crippen molar-refractivity contribution in [3.8, 4) is 6.07 Å². The number of hydrogen-bond acceptors (Lipinski definition) is 2. The summed E-state index contributed by atoms with van der Waals surface area (Å²) < 4.78 is 25.7. The molecule has 1 heterocycles. The van der Waals surface area contributed by atoms with Gasteiger partial charge in [-0.15, -0.1) is 0 Å². The molecule has 0 saturated carbocycles. The first-order chi connectivity index (χ1) is 7.72. The van der Waals surface area contributed by atoms with Gasteiger partial charge in [-0.2, -0.15) is 5.26 Å². The van der Waals surface area contributed by atoms with Crippen molar-refractivity contribution in [2.45, 2.75) is 5.92 Å². The molecule has 16 heavy (non-hydrogen) atoms. The van der Waals surface area contributed by atoms with Crippen LogP contribution in [0.15, 0.2) is 30.6 Å². The molecule has 5 heteroatoms. The Balaban J connectivity index is 2.43. The SMILES string of the molecule is N#CC(c1ccc(F)c(F)c1)c1ncc[nH]1. The predicted molar refractivity (Wildman–Crippen MR) is 52.4 cm³/mol. The van der Waals surface area contributed by atoms with Gasteiger partial charge in [-0.25, -0.2) is 13.8 Å². The van der Waals surface area contributed by atoms with E-state index in [1.807, 2.05) is 6.07 Å². The maximum atomic E-state index is 13.0. The number of imidazole rings is 1. The second-order valence-corrected chi connectivity index (χ2v) is 3.21. The molecule has 0 saturated heterocycles. The molecule has 1 aromatic heterocycles. The zero-order valence-electron chi connectivity index (χ0n) is 8.11. The molecular formula is C11H7F2N3. The molecule has 0 spiro atoms. The van der Waals surface area contributed by atoms with Crippen molar-refractivity contribution in [1.29, 1.82) is 5.26 Å². The van der Waals surface area contributed by atoms with E-state index in [2.05, 4.69) is 9.97 Å². The molecule has 0 fully saturated rings. The minimum absolute atomic E-state index is 0.372. The molecule has 2 rings (SSSR count). The molecule has 3 nitrogen and oxygen atoms in total. The summed E-state index contributed by atoms with van der Waals surface area (Å²) in [6.07, 6.45) is 3.07. The summed E-state index contributed by atoms with van der Waals surface area (Å²) >= 11 is 0. The number of aromatic nitrogens is 2. The van der Waals surface area contributed by atoms with Crippen molar-refractivity contribution in [3.05, 3.63) is 53.6 Å². The van der Waals surface area contributed by atoms with Crippen LogP contribution in [0.25, 0.3) is 0 Å². The maximum Gasteiger partial charge on any atom is 0.159 e. The van der Waals surface area contributed by atoms with Gasteiger partial charge in [-0.05, 0) is 17.7 Å². The lowest BCUT2D eigenvalue weighted by Crippen LogP contribution is -2.01. The number of aromatic amines is 1. The van der Waals surface area contributed by atoms with E-state index in [4.69, 9.17) is 5.26 Å². The highest BCUT2D eigenvalue weighted by molar-refractivity contribution is 5.32. The molecule has 2 aromatic rings. The summed E-state index contributed by atoms with van der Waals surface area (Å²) in [5, 5.41) is 8.99. The van der Waals surface area contributed by atoms with Crippen LogP contribution in [0.2, 0.25) is 0 Å². The number of H-pyrrole nitrogens is 1. The molecule has 1 atom stereocenters. The van der Waals surface area contributed by atoms with Gasteiger partial charge < -0.3 is 4.98 Å². The Hall–Kier alpha value is -2.22. The van der Waals surface area contributed by atoms with Crippen molar-refractivity contribution < 1.29 is 8.78 Å². The fraction of sp³-hybridized carbons (Fsp3) is 0.0909. The average molecular weight is 219 g/mol. The topological polar surface area (TPSA) is 52.5 Å². The van der Waals surface area contributed by atoms with Crippen molar-refractivity contribution in [3.63, 3.8) is 0 Å². The molecule has 80 valence electrons. The third-order valence-electron chi connectivity index (χ3n) is 2.20. The Morgan fingerprint density at radius 1 is 1.31 bits per heavy atom. The maximum absolute atomic E-state index is 13.0. The van der Waals surface area contributed by atoms with Gasteiger partial charge in [0.2, 0.25) is 0 Å². The quantitative estimate of drug-likeness (QED) is 0.842. The first-order valence-corrected chi connectivity index (χ1v) is 4.56. The Kier molecular flexibility index (Phi) is 2.64. The van der Waals surface area contributed by atoms with Crippen molar-refractivity contribution in [1.82, 2.24) is 9.97 Å². The third-order valence-corrected chi connectivity index (χ3v) is 2.20. The lowest BCUT2D eigenvalue weighted by molar-refractivity contribution is 0.507. The summed E-state index contributed by atoms with van der Waals surface area (Å²) in [5.41, 5.74) is 0.372. The summed E-state index contributed by atoms with van der Waals surface area (Å²) in [4.78, 5) is 6.69. The second-order valence-electron chi connectivity index (χ2n) is 3.21. The molecule has 1 N–H and O–H groups in total. The molecule has 1 unspecified atom stereocenters. The van der Waals surface area contributed by atoms with Crippen LogP contribution in [0.1, 0.15) is 17.3 Å². The van der Waals surface area contributed by atoms with Crippen molar-refractivity contribution in [2.75, 3.05) is 0 Å². The van der Waals surface area contributed by atoms with Crippen LogP contribution in [-0.4, -0.2) is 9.97 Å². The summed E-state index contributed by atoms with van der Waals surface area (Å²) in [6.45, 7) is 0. The van der Waals surface area contributed by atoms with Gasteiger partial charge in [-0.3, -0.25) is 0 Å². The molecule has 1 aromatic carbocycles. The van der Waals surface area contributed by atoms with E-state index in [0.29, 0.717) is 11.4 Å². The first kappa shape index (κ1) is 10.3. The largest absolute Gasteiger partial charge is 0.347 e. The van der Waals surface area contributed by atoms with Crippen LogP contribution >= 0.6 is 0 Å². The Bertz CT molecular complexity index is 529. The van der Waals surface area contributed by atoms with Gasteiger partial charge in [0.25, 0.3) is 0 Å². The van der Waals surface area contributed by atoms with Gasteiger partial charge in [0.1, 0.15) is 11.7 Å². The standard InChI is InChI=1S/C11H7F2N3/c12-9-2-1-7(5-10(9)13)8(6-14)11-15-3-4-16-11/h1-5,8H,(H,15,16). The predicted octanol–water partition coefficient (Wildman–Crippen LogP) is 2.34. The van der Waals surface area contributed by atoms with Gasteiger partial charge >= 0.3 is 0 Å². The molecule has 0 aliphatic carbocycles. The van der Waals surface area contributed by atoms with E-state index in [0.717, 1.165) is 12.1 Å². The fourth-order valence-corrected chi connectivity index (χ4v) is 1.42. The highest BCUT2D eigenvalue weighted by Crippen LogP contribution is 2.22. The van der Waals surface area contributed by atoms with Gasteiger partial charge in [-0.1, -0.05) is 6.07 Å². The van der Waals surface area contributed by atoms with Gasteiger partial charge in [0, 0.05) is 12.4 Å². The lowest BCUT2D eigenvalue weighted by Gasteiger charge is -2.06. The normalized spacial score (nSPS) is 12.1. The number of halogens is 2. The summed E-state index contributed by atoms with van der Waals surface area (Å²) in [6, 6.07) is 5.36. The molecule has 0 aliphatic heterocycles. The lowest BCUT2D eigenvalue weighted by atomic mass is 10.00. The average Bonchev–Trinajstić information content (AvgIpc) is 2.78. The van der Waals surface area contributed by atoms with E-state index < -0.39 is 17.6 Å². The number of rotatable bonds is 2. The monoisotopic (exact) mass is 219 g/mol. The number of nitrogens with zero attached hydrogens (tertiary/aromatic N) is 2.